The summed E-state index contributed by atoms with van der Waals surface area (Å²) in [5.41, 5.74) is 12.4. The molecule has 3 rings (SSSR count). The number of aromatic nitrogens is 2. The largest absolute Gasteiger partial charge is 0.397 e. The third kappa shape index (κ3) is 2.32. The van der Waals surface area contributed by atoms with Crippen LogP contribution >= 0.6 is 0 Å². The fourth-order valence-electron chi connectivity index (χ4n) is 2.32. The monoisotopic (exact) mass is 251 g/mol. The van der Waals surface area contributed by atoms with Gasteiger partial charge in [0.05, 0.1) is 11.4 Å². The van der Waals surface area contributed by atoms with Crippen molar-refractivity contribution in [1.29, 1.82) is 0 Å². The molecule has 0 aliphatic heterocycles. The van der Waals surface area contributed by atoms with E-state index in [-0.39, 0.29) is 0 Å². The van der Waals surface area contributed by atoms with Crippen molar-refractivity contribution in [2.24, 2.45) is 0 Å². The first-order valence-corrected chi connectivity index (χ1v) is 6.41. The van der Waals surface area contributed by atoms with Gasteiger partial charge < -0.3 is 10.1 Å². The number of nitrogens with zero attached hydrogens (tertiary/aromatic N) is 2. The van der Waals surface area contributed by atoms with Crippen molar-refractivity contribution in [1.82, 2.24) is 9.38 Å². The van der Waals surface area contributed by atoms with Crippen molar-refractivity contribution < 1.29 is 0 Å². The van der Waals surface area contributed by atoms with Crippen LogP contribution < -0.4 is 5.73 Å². The van der Waals surface area contributed by atoms with Gasteiger partial charge in [-0.15, -0.1) is 0 Å². The molecule has 0 spiro atoms. The number of anilines is 1. The minimum atomic E-state index is 0.798. The molecule has 0 radical (unpaired) electrons. The molecule has 0 bridgehead atoms. The second-order valence-electron chi connectivity index (χ2n) is 5.08. The summed E-state index contributed by atoms with van der Waals surface area (Å²) in [5.74, 6) is 0. The highest BCUT2D eigenvalue weighted by Gasteiger charge is 2.05. The van der Waals surface area contributed by atoms with Gasteiger partial charge in [0.25, 0.3) is 0 Å². The van der Waals surface area contributed by atoms with Gasteiger partial charge in [-0.3, -0.25) is 0 Å². The molecular weight excluding hydrogens is 234 g/mol. The van der Waals surface area contributed by atoms with Crippen molar-refractivity contribution in [3.05, 3.63) is 65.1 Å². The van der Waals surface area contributed by atoms with Gasteiger partial charge in [0.2, 0.25) is 0 Å². The molecule has 0 saturated carbocycles. The van der Waals surface area contributed by atoms with Crippen LogP contribution in [-0.2, 0) is 6.42 Å². The average molecular weight is 251 g/mol. The minimum Gasteiger partial charge on any atom is -0.397 e. The van der Waals surface area contributed by atoms with E-state index in [1.165, 1.54) is 11.1 Å². The van der Waals surface area contributed by atoms with Gasteiger partial charge in [0, 0.05) is 18.8 Å². The molecule has 3 heteroatoms. The highest BCUT2D eigenvalue weighted by Crippen LogP contribution is 2.16. The molecule has 3 nitrogen and oxygen atoms in total. The SMILES string of the molecule is Cc1cccc(Cc2cn3cc(N)c(C)cc3n2)c1. The lowest BCUT2D eigenvalue weighted by Crippen LogP contribution is -1.93. The Morgan fingerprint density at radius 2 is 2.00 bits per heavy atom. The molecule has 2 heterocycles. The molecule has 3 aromatic rings. The molecule has 2 aromatic heterocycles. The number of pyridine rings is 1. The van der Waals surface area contributed by atoms with Gasteiger partial charge in [0.15, 0.2) is 0 Å². The first kappa shape index (κ1) is 11.8. The first-order chi connectivity index (χ1) is 9.11. The topological polar surface area (TPSA) is 43.3 Å². The van der Waals surface area contributed by atoms with Gasteiger partial charge >= 0.3 is 0 Å². The number of rotatable bonds is 2. The third-order valence-corrected chi connectivity index (χ3v) is 3.36. The Balaban J connectivity index is 1.97. The Morgan fingerprint density at radius 1 is 1.16 bits per heavy atom. The molecule has 0 fully saturated rings. The van der Waals surface area contributed by atoms with Gasteiger partial charge in [-0.2, -0.15) is 0 Å². The Hall–Kier alpha value is -2.29. The minimum absolute atomic E-state index is 0.798. The van der Waals surface area contributed by atoms with E-state index in [1.54, 1.807) is 0 Å². The number of nitrogens with two attached hydrogens (primary N) is 1. The van der Waals surface area contributed by atoms with Crippen LogP contribution in [0, 0.1) is 13.8 Å². The van der Waals surface area contributed by atoms with Crippen molar-refractivity contribution in [2.75, 3.05) is 5.73 Å². The first-order valence-electron chi connectivity index (χ1n) is 6.41. The lowest BCUT2D eigenvalue weighted by Gasteiger charge is -1.99. The summed E-state index contributed by atoms with van der Waals surface area (Å²) in [7, 11) is 0. The van der Waals surface area contributed by atoms with Gasteiger partial charge in [0.1, 0.15) is 5.65 Å². The zero-order valence-electron chi connectivity index (χ0n) is 11.2. The number of fused-ring (bicyclic) bond motifs is 1. The van der Waals surface area contributed by atoms with E-state index < -0.39 is 0 Å². The fourth-order valence-corrected chi connectivity index (χ4v) is 2.32. The average Bonchev–Trinajstić information content (AvgIpc) is 2.71. The van der Waals surface area contributed by atoms with Crippen LogP contribution in [-0.4, -0.2) is 9.38 Å². The van der Waals surface area contributed by atoms with E-state index in [0.29, 0.717) is 0 Å². The van der Waals surface area contributed by atoms with Crippen LogP contribution in [0.2, 0.25) is 0 Å². The van der Waals surface area contributed by atoms with E-state index in [4.69, 9.17) is 5.73 Å². The molecule has 0 aliphatic carbocycles. The maximum atomic E-state index is 5.92. The smallest absolute Gasteiger partial charge is 0.137 e. The molecule has 0 aliphatic rings. The lowest BCUT2D eigenvalue weighted by molar-refractivity contribution is 1.11. The Kier molecular flexibility index (Phi) is 2.75. The summed E-state index contributed by atoms with van der Waals surface area (Å²) in [6, 6.07) is 10.6. The van der Waals surface area contributed by atoms with E-state index in [9.17, 15) is 0 Å². The second kappa shape index (κ2) is 4.43. The predicted molar refractivity (Wildman–Crippen MR) is 78.3 cm³/mol. The van der Waals surface area contributed by atoms with Crippen LogP contribution in [0.5, 0.6) is 0 Å². The normalized spacial score (nSPS) is 11.1. The maximum Gasteiger partial charge on any atom is 0.137 e. The van der Waals surface area contributed by atoms with Crippen molar-refractivity contribution in [3.8, 4) is 0 Å². The van der Waals surface area contributed by atoms with Crippen LogP contribution in [0.3, 0.4) is 0 Å². The summed E-state index contributed by atoms with van der Waals surface area (Å²) >= 11 is 0. The van der Waals surface area contributed by atoms with Crippen molar-refractivity contribution in [3.63, 3.8) is 0 Å². The molecule has 0 amide bonds. The number of hydrogen-bond acceptors (Lipinski definition) is 2. The van der Waals surface area contributed by atoms with Crippen LogP contribution in [0.25, 0.3) is 5.65 Å². The highest BCUT2D eigenvalue weighted by atomic mass is 15.0. The quantitative estimate of drug-likeness (QED) is 0.760. The summed E-state index contributed by atoms with van der Waals surface area (Å²) in [6.45, 7) is 4.11. The third-order valence-electron chi connectivity index (χ3n) is 3.36. The number of nitrogen functional groups attached to an aromatic ring is 1. The number of imidazole rings is 1. The van der Waals surface area contributed by atoms with Crippen LogP contribution in [0.1, 0.15) is 22.4 Å². The summed E-state index contributed by atoms with van der Waals surface area (Å²) < 4.78 is 1.99. The van der Waals surface area contributed by atoms with Gasteiger partial charge in [-0.25, -0.2) is 4.98 Å². The molecule has 0 unspecified atom stereocenters. The summed E-state index contributed by atoms with van der Waals surface area (Å²) in [5, 5.41) is 0. The van der Waals surface area contributed by atoms with Crippen LogP contribution in [0.15, 0.2) is 42.7 Å². The molecular formula is C16H17N3. The zero-order chi connectivity index (χ0) is 13.4. The van der Waals surface area contributed by atoms with E-state index >= 15 is 0 Å². The lowest BCUT2D eigenvalue weighted by atomic mass is 10.1. The zero-order valence-corrected chi connectivity index (χ0v) is 11.2. The van der Waals surface area contributed by atoms with Crippen molar-refractivity contribution in [2.45, 2.75) is 20.3 Å². The number of hydrogen-bond donors (Lipinski definition) is 1. The molecule has 1 aromatic carbocycles. The standard InChI is InChI=1S/C16H17N3/c1-11-4-3-5-13(6-11)8-14-9-19-10-15(17)12(2)7-16(19)18-14/h3-7,9-10H,8,17H2,1-2H3. The van der Waals surface area contributed by atoms with Crippen LogP contribution in [0.4, 0.5) is 5.69 Å². The van der Waals surface area contributed by atoms with Gasteiger partial charge in [-0.05, 0) is 31.0 Å². The van der Waals surface area contributed by atoms with E-state index in [0.717, 1.165) is 29.0 Å². The molecule has 0 atom stereocenters. The number of aryl methyl sites for hydroxylation is 2. The van der Waals surface area contributed by atoms with Gasteiger partial charge in [-0.1, -0.05) is 29.8 Å². The fraction of sp³-hybridized carbons (Fsp3) is 0.188. The molecule has 96 valence electrons. The van der Waals surface area contributed by atoms with E-state index in [2.05, 4.69) is 36.2 Å². The summed E-state index contributed by atoms with van der Waals surface area (Å²) in [4.78, 5) is 4.65. The summed E-state index contributed by atoms with van der Waals surface area (Å²) in [6.07, 6.45) is 4.83. The predicted octanol–water partition coefficient (Wildman–Crippen LogP) is 3.12. The molecule has 2 N–H and O–H groups in total. The Morgan fingerprint density at radius 3 is 2.79 bits per heavy atom. The Labute approximate surface area is 112 Å². The second-order valence-corrected chi connectivity index (χ2v) is 5.08. The number of benzene rings is 1. The Bertz CT molecular complexity index is 702. The molecule has 0 saturated heterocycles. The highest BCUT2D eigenvalue weighted by molar-refractivity contribution is 5.54. The van der Waals surface area contributed by atoms with Crippen molar-refractivity contribution >= 4 is 11.3 Å². The van der Waals surface area contributed by atoms with E-state index in [1.807, 2.05) is 29.8 Å². The molecule has 19 heavy (non-hydrogen) atoms. The maximum absolute atomic E-state index is 5.92.